The van der Waals surface area contributed by atoms with Gasteiger partial charge in [0.05, 0.1) is 5.25 Å². The van der Waals surface area contributed by atoms with Crippen LogP contribution in [-0.2, 0) is 10.0 Å². The fourth-order valence-corrected chi connectivity index (χ4v) is 3.64. The van der Waals surface area contributed by atoms with Crippen molar-refractivity contribution in [3.05, 3.63) is 30.3 Å². The van der Waals surface area contributed by atoms with Crippen LogP contribution in [0.15, 0.2) is 30.3 Å². The molecule has 0 aliphatic carbocycles. The van der Waals surface area contributed by atoms with Gasteiger partial charge in [-0.3, -0.25) is 0 Å². The van der Waals surface area contributed by atoms with E-state index in [1.807, 2.05) is 30.3 Å². The van der Waals surface area contributed by atoms with E-state index in [9.17, 15) is 8.42 Å². The van der Waals surface area contributed by atoms with E-state index < -0.39 is 15.3 Å². The first-order chi connectivity index (χ1) is 9.05. The van der Waals surface area contributed by atoms with Gasteiger partial charge in [0, 0.05) is 38.4 Å². The molecule has 1 heterocycles. The summed E-state index contributed by atoms with van der Waals surface area (Å²) in [6, 6.07) is 10.1. The second kappa shape index (κ2) is 5.90. The molecule has 0 bridgehead atoms. The Hall–Kier alpha value is -1.11. The maximum Gasteiger partial charge on any atom is 0.218 e. The van der Waals surface area contributed by atoms with E-state index in [2.05, 4.69) is 4.90 Å². The lowest BCUT2D eigenvalue weighted by atomic mass is 10.2. The number of sulfonamides is 1. The fourth-order valence-electron chi connectivity index (χ4n) is 2.22. The Morgan fingerprint density at radius 1 is 1.16 bits per heavy atom. The molecular formula is C13H21N3O2S. The molecule has 0 amide bonds. The van der Waals surface area contributed by atoms with Crippen molar-refractivity contribution >= 4 is 15.7 Å². The van der Waals surface area contributed by atoms with Gasteiger partial charge in [0.1, 0.15) is 0 Å². The molecule has 1 saturated heterocycles. The summed E-state index contributed by atoms with van der Waals surface area (Å²) in [5.74, 6) is 0. The number of hydrogen-bond donors (Lipinski definition) is 1. The van der Waals surface area contributed by atoms with Crippen LogP contribution >= 0.6 is 0 Å². The first-order valence-corrected chi connectivity index (χ1v) is 8.05. The zero-order valence-corrected chi connectivity index (χ0v) is 12.0. The Labute approximate surface area is 115 Å². The van der Waals surface area contributed by atoms with Crippen molar-refractivity contribution in [2.75, 3.05) is 37.6 Å². The average molecular weight is 283 g/mol. The van der Waals surface area contributed by atoms with E-state index in [0.29, 0.717) is 13.1 Å². The largest absolute Gasteiger partial charge is 0.369 e. The van der Waals surface area contributed by atoms with Crippen molar-refractivity contribution in [1.82, 2.24) is 4.31 Å². The standard InChI is InChI=1S/C13H21N3O2S/c1-12(11-14)19(17,18)16-9-7-15(8-10-16)13-5-3-2-4-6-13/h2-6,12H,7-11,14H2,1H3. The molecule has 0 aromatic heterocycles. The van der Waals surface area contributed by atoms with Gasteiger partial charge in [-0.05, 0) is 19.1 Å². The highest BCUT2D eigenvalue weighted by Crippen LogP contribution is 2.18. The fraction of sp³-hybridized carbons (Fsp3) is 0.538. The lowest BCUT2D eigenvalue weighted by molar-refractivity contribution is 0.380. The Balaban J connectivity index is 2.00. The lowest BCUT2D eigenvalue weighted by Crippen LogP contribution is -2.51. The van der Waals surface area contributed by atoms with E-state index in [-0.39, 0.29) is 6.54 Å². The van der Waals surface area contributed by atoms with Gasteiger partial charge in [-0.25, -0.2) is 8.42 Å². The third kappa shape index (κ3) is 3.08. The second-order valence-electron chi connectivity index (χ2n) is 4.81. The molecule has 19 heavy (non-hydrogen) atoms. The number of nitrogens with zero attached hydrogens (tertiary/aromatic N) is 2. The van der Waals surface area contributed by atoms with Gasteiger partial charge in [0.2, 0.25) is 10.0 Å². The minimum Gasteiger partial charge on any atom is -0.369 e. The van der Waals surface area contributed by atoms with Crippen LogP contribution in [0.3, 0.4) is 0 Å². The van der Waals surface area contributed by atoms with Crippen LogP contribution in [-0.4, -0.2) is 50.7 Å². The van der Waals surface area contributed by atoms with E-state index in [4.69, 9.17) is 5.73 Å². The Bertz CT molecular complexity index is 496. The Morgan fingerprint density at radius 2 is 1.74 bits per heavy atom. The monoisotopic (exact) mass is 283 g/mol. The van der Waals surface area contributed by atoms with E-state index in [1.165, 1.54) is 0 Å². The summed E-state index contributed by atoms with van der Waals surface area (Å²) >= 11 is 0. The average Bonchev–Trinajstić information content (AvgIpc) is 2.47. The number of hydrogen-bond acceptors (Lipinski definition) is 4. The molecule has 1 fully saturated rings. The summed E-state index contributed by atoms with van der Waals surface area (Å²) in [6.45, 7) is 4.34. The zero-order valence-electron chi connectivity index (χ0n) is 11.2. The number of rotatable bonds is 4. The second-order valence-corrected chi connectivity index (χ2v) is 7.16. The zero-order chi connectivity index (χ0) is 13.9. The molecule has 106 valence electrons. The molecule has 2 N–H and O–H groups in total. The summed E-state index contributed by atoms with van der Waals surface area (Å²) in [7, 11) is -3.24. The van der Waals surface area contributed by atoms with Crippen LogP contribution in [0.2, 0.25) is 0 Å². The third-order valence-electron chi connectivity index (χ3n) is 3.56. The predicted molar refractivity (Wildman–Crippen MR) is 77.7 cm³/mol. The Morgan fingerprint density at radius 3 is 2.26 bits per heavy atom. The lowest BCUT2D eigenvalue weighted by Gasteiger charge is -2.36. The van der Waals surface area contributed by atoms with Crippen molar-refractivity contribution in [2.45, 2.75) is 12.2 Å². The first-order valence-electron chi connectivity index (χ1n) is 6.54. The number of nitrogens with two attached hydrogens (primary N) is 1. The molecule has 1 atom stereocenters. The van der Waals surface area contributed by atoms with Crippen molar-refractivity contribution < 1.29 is 8.42 Å². The maximum atomic E-state index is 12.2. The van der Waals surface area contributed by atoms with Crippen molar-refractivity contribution in [2.24, 2.45) is 5.73 Å². The summed E-state index contributed by atoms with van der Waals surface area (Å²) < 4.78 is 25.9. The molecule has 1 aromatic carbocycles. The molecular weight excluding hydrogens is 262 g/mol. The van der Waals surface area contributed by atoms with Crippen molar-refractivity contribution in [3.63, 3.8) is 0 Å². The highest BCUT2D eigenvalue weighted by atomic mass is 32.2. The molecule has 6 heteroatoms. The molecule has 1 aliphatic heterocycles. The number of para-hydroxylation sites is 1. The molecule has 1 aromatic rings. The molecule has 0 spiro atoms. The van der Waals surface area contributed by atoms with Crippen molar-refractivity contribution in [1.29, 1.82) is 0 Å². The first kappa shape index (κ1) is 14.3. The summed E-state index contributed by atoms with van der Waals surface area (Å²) in [6.07, 6.45) is 0. The van der Waals surface area contributed by atoms with Crippen LogP contribution < -0.4 is 10.6 Å². The smallest absolute Gasteiger partial charge is 0.218 e. The minimum absolute atomic E-state index is 0.168. The van der Waals surface area contributed by atoms with E-state index in [1.54, 1.807) is 11.2 Å². The van der Waals surface area contributed by atoms with Gasteiger partial charge in [0.15, 0.2) is 0 Å². The SMILES string of the molecule is CC(CN)S(=O)(=O)N1CCN(c2ccccc2)CC1. The molecule has 1 aliphatic rings. The Kier molecular flexibility index (Phi) is 4.44. The topological polar surface area (TPSA) is 66.6 Å². The van der Waals surface area contributed by atoms with Gasteiger partial charge in [-0.15, -0.1) is 0 Å². The van der Waals surface area contributed by atoms with E-state index >= 15 is 0 Å². The van der Waals surface area contributed by atoms with Gasteiger partial charge in [-0.2, -0.15) is 4.31 Å². The van der Waals surface area contributed by atoms with Gasteiger partial charge in [-0.1, -0.05) is 18.2 Å². The molecule has 2 rings (SSSR count). The van der Waals surface area contributed by atoms with Crippen LogP contribution in [0.25, 0.3) is 0 Å². The van der Waals surface area contributed by atoms with Gasteiger partial charge in [0.25, 0.3) is 0 Å². The van der Waals surface area contributed by atoms with Crippen LogP contribution in [0.4, 0.5) is 5.69 Å². The van der Waals surface area contributed by atoms with Crippen LogP contribution in [0.5, 0.6) is 0 Å². The number of benzene rings is 1. The van der Waals surface area contributed by atoms with Crippen LogP contribution in [0.1, 0.15) is 6.92 Å². The highest BCUT2D eigenvalue weighted by molar-refractivity contribution is 7.89. The molecule has 5 nitrogen and oxygen atoms in total. The molecule has 1 unspecified atom stereocenters. The highest BCUT2D eigenvalue weighted by Gasteiger charge is 2.30. The summed E-state index contributed by atoms with van der Waals surface area (Å²) in [4.78, 5) is 2.21. The van der Waals surface area contributed by atoms with Crippen LogP contribution in [0, 0.1) is 0 Å². The maximum absolute atomic E-state index is 12.2. The van der Waals surface area contributed by atoms with Gasteiger partial charge < -0.3 is 10.6 Å². The molecule has 0 radical (unpaired) electrons. The molecule has 0 saturated carbocycles. The van der Waals surface area contributed by atoms with Crippen molar-refractivity contribution in [3.8, 4) is 0 Å². The normalized spacial score (nSPS) is 19.4. The summed E-state index contributed by atoms with van der Waals surface area (Å²) in [5, 5.41) is -0.504. The minimum atomic E-state index is -3.24. The number of anilines is 1. The number of piperazine rings is 1. The predicted octanol–water partition coefficient (Wildman–Crippen LogP) is 0.486. The van der Waals surface area contributed by atoms with E-state index in [0.717, 1.165) is 18.8 Å². The summed E-state index contributed by atoms with van der Waals surface area (Å²) in [5.41, 5.74) is 6.61. The third-order valence-corrected chi connectivity index (χ3v) is 5.85. The quantitative estimate of drug-likeness (QED) is 0.873. The van der Waals surface area contributed by atoms with Gasteiger partial charge >= 0.3 is 0 Å².